The van der Waals surface area contributed by atoms with E-state index in [9.17, 15) is 14.4 Å². The van der Waals surface area contributed by atoms with Gasteiger partial charge in [-0.3, -0.25) is 9.59 Å². The molecule has 0 saturated carbocycles. The van der Waals surface area contributed by atoms with Gasteiger partial charge in [0.05, 0.1) is 0 Å². The van der Waals surface area contributed by atoms with Crippen molar-refractivity contribution >= 4 is 18.0 Å². The van der Waals surface area contributed by atoms with Gasteiger partial charge in [0.25, 0.3) is 0 Å². The minimum atomic E-state index is -0.813. The summed E-state index contributed by atoms with van der Waals surface area (Å²) in [6.45, 7) is 0.926. The summed E-state index contributed by atoms with van der Waals surface area (Å²) in [7, 11) is 1.45. The van der Waals surface area contributed by atoms with Gasteiger partial charge < -0.3 is 25.2 Å². The molecule has 1 aliphatic rings. The summed E-state index contributed by atoms with van der Waals surface area (Å²) in [4.78, 5) is 35.0. The molecule has 0 aliphatic heterocycles. The van der Waals surface area contributed by atoms with Crippen molar-refractivity contribution in [2.45, 2.75) is 44.1 Å². The van der Waals surface area contributed by atoms with E-state index >= 15 is 0 Å². The molecular formula is C26H32N2O6. The molecule has 0 heterocycles. The summed E-state index contributed by atoms with van der Waals surface area (Å²) in [5.41, 5.74) is 4.64. The van der Waals surface area contributed by atoms with Crippen LogP contribution in [-0.4, -0.2) is 56.0 Å². The minimum absolute atomic E-state index is 0.00819. The maximum absolute atomic E-state index is 12.3. The minimum Gasteiger partial charge on any atom is -0.481 e. The quantitative estimate of drug-likeness (QED) is 0.386. The van der Waals surface area contributed by atoms with Gasteiger partial charge in [-0.05, 0) is 35.1 Å². The van der Waals surface area contributed by atoms with Crippen molar-refractivity contribution in [2.75, 3.05) is 26.8 Å². The van der Waals surface area contributed by atoms with Crippen LogP contribution in [0.1, 0.15) is 49.1 Å². The summed E-state index contributed by atoms with van der Waals surface area (Å²) in [5.74, 6) is -1.08. The molecular weight excluding hydrogens is 436 g/mol. The highest BCUT2D eigenvalue weighted by molar-refractivity contribution is 5.81. The highest BCUT2D eigenvalue weighted by Gasteiger charge is 2.29. The Morgan fingerprint density at radius 3 is 2.18 bits per heavy atom. The number of fused-ring (bicyclic) bond motifs is 3. The lowest BCUT2D eigenvalue weighted by Gasteiger charge is -2.17. The molecule has 1 aliphatic carbocycles. The van der Waals surface area contributed by atoms with Crippen LogP contribution in [-0.2, 0) is 19.1 Å². The highest BCUT2D eigenvalue weighted by Crippen LogP contribution is 2.44. The first-order valence-corrected chi connectivity index (χ1v) is 11.6. The van der Waals surface area contributed by atoms with Crippen molar-refractivity contribution in [1.29, 1.82) is 0 Å². The zero-order valence-corrected chi connectivity index (χ0v) is 19.4. The fourth-order valence-corrected chi connectivity index (χ4v) is 4.21. The maximum atomic E-state index is 12.3. The van der Waals surface area contributed by atoms with Gasteiger partial charge in [-0.25, -0.2) is 4.79 Å². The van der Waals surface area contributed by atoms with Gasteiger partial charge in [-0.2, -0.15) is 0 Å². The molecule has 0 spiro atoms. The van der Waals surface area contributed by atoms with Gasteiger partial charge in [0.2, 0.25) is 5.91 Å². The lowest BCUT2D eigenvalue weighted by molar-refractivity contribution is -0.137. The number of carbonyl (C=O) groups is 3. The van der Waals surface area contributed by atoms with Crippen molar-refractivity contribution in [3.63, 3.8) is 0 Å². The van der Waals surface area contributed by atoms with E-state index < -0.39 is 18.2 Å². The third-order valence-corrected chi connectivity index (χ3v) is 5.96. The monoisotopic (exact) mass is 468 g/mol. The highest BCUT2D eigenvalue weighted by atomic mass is 16.5. The van der Waals surface area contributed by atoms with Gasteiger partial charge >= 0.3 is 12.1 Å². The number of amides is 2. The Bertz CT molecular complexity index is 947. The van der Waals surface area contributed by atoms with Crippen LogP contribution in [0.4, 0.5) is 4.79 Å². The summed E-state index contributed by atoms with van der Waals surface area (Å²) >= 11 is 0. The topological polar surface area (TPSA) is 114 Å². The lowest BCUT2D eigenvalue weighted by Crippen LogP contribution is -2.39. The van der Waals surface area contributed by atoms with Crippen LogP contribution in [0.5, 0.6) is 0 Å². The largest absolute Gasteiger partial charge is 0.481 e. The molecule has 2 aromatic carbocycles. The number of methoxy groups -OCH3 is 1. The van der Waals surface area contributed by atoms with E-state index in [4.69, 9.17) is 14.6 Å². The number of carboxylic acid groups (broad SMARTS) is 1. The van der Waals surface area contributed by atoms with Crippen LogP contribution >= 0.6 is 0 Å². The van der Waals surface area contributed by atoms with Gasteiger partial charge in [-0.15, -0.1) is 0 Å². The normalized spacial score (nSPS) is 13.0. The summed E-state index contributed by atoms with van der Waals surface area (Å²) in [6.07, 6.45) is 1.24. The molecule has 3 N–H and O–H groups in total. The average molecular weight is 469 g/mol. The van der Waals surface area contributed by atoms with Crippen LogP contribution in [0.15, 0.2) is 48.5 Å². The zero-order chi connectivity index (χ0) is 24.3. The molecule has 8 heteroatoms. The van der Waals surface area contributed by atoms with Crippen LogP contribution in [0.2, 0.25) is 0 Å². The first-order chi connectivity index (χ1) is 16.5. The molecule has 0 radical (unpaired) electrons. The van der Waals surface area contributed by atoms with Gasteiger partial charge in [0, 0.05) is 39.0 Å². The van der Waals surface area contributed by atoms with E-state index in [1.54, 1.807) is 0 Å². The Hall–Kier alpha value is -3.39. The molecule has 8 nitrogen and oxygen atoms in total. The number of unbranched alkanes of at least 4 members (excludes halogenated alkanes) is 2. The molecule has 182 valence electrons. The smallest absolute Gasteiger partial charge is 0.407 e. The van der Waals surface area contributed by atoms with Gasteiger partial charge in [0.15, 0.2) is 0 Å². The number of ether oxygens (including phenoxy) is 2. The van der Waals surface area contributed by atoms with Crippen LogP contribution < -0.4 is 10.6 Å². The Kier molecular flexibility index (Phi) is 9.46. The maximum Gasteiger partial charge on any atom is 0.407 e. The number of carbonyl (C=O) groups excluding carboxylic acids is 2. The van der Waals surface area contributed by atoms with Crippen LogP contribution in [0, 0.1) is 0 Å². The van der Waals surface area contributed by atoms with Crippen molar-refractivity contribution in [3.05, 3.63) is 59.7 Å². The molecule has 2 aromatic rings. The second-order valence-corrected chi connectivity index (χ2v) is 8.26. The first kappa shape index (κ1) is 25.2. The Labute approximate surface area is 199 Å². The molecule has 1 atom stereocenters. The zero-order valence-electron chi connectivity index (χ0n) is 19.4. The average Bonchev–Trinajstić information content (AvgIpc) is 3.16. The predicted molar refractivity (Wildman–Crippen MR) is 128 cm³/mol. The lowest BCUT2D eigenvalue weighted by atomic mass is 9.98. The molecule has 0 saturated heterocycles. The summed E-state index contributed by atoms with van der Waals surface area (Å²) < 4.78 is 10.7. The summed E-state index contributed by atoms with van der Waals surface area (Å²) in [5, 5.41) is 14.1. The third kappa shape index (κ3) is 6.81. The van der Waals surface area contributed by atoms with Crippen LogP contribution in [0.25, 0.3) is 11.1 Å². The fourth-order valence-electron chi connectivity index (χ4n) is 4.21. The Morgan fingerprint density at radius 1 is 0.912 bits per heavy atom. The van der Waals surface area contributed by atoms with Crippen molar-refractivity contribution in [1.82, 2.24) is 10.6 Å². The molecule has 34 heavy (non-hydrogen) atoms. The molecule has 0 fully saturated rings. The number of nitrogens with one attached hydrogen (secondary N) is 2. The number of carboxylic acids is 1. The van der Waals surface area contributed by atoms with Crippen molar-refractivity contribution in [3.8, 4) is 11.1 Å². The van der Waals surface area contributed by atoms with E-state index in [0.29, 0.717) is 25.8 Å². The standard InChI is InChI=1S/C26H32N2O6/c1-33-23(25(31)27-15-8-2-3-13-24(29)30)14-16-28-26(32)34-17-22-20-11-6-4-9-18(20)19-10-5-7-12-21(19)22/h4-7,9-12,22-23H,2-3,8,13-17H2,1H3,(H,27,31)(H,28,32)(H,29,30). The SMILES string of the molecule is COC(CCNC(=O)OCC1c2ccccc2-c2ccccc21)C(=O)NCCCCCC(=O)O. The molecule has 0 bridgehead atoms. The second kappa shape index (κ2) is 12.7. The number of hydrogen-bond acceptors (Lipinski definition) is 5. The van der Waals surface area contributed by atoms with Crippen molar-refractivity contribution in [2.24, 2.45) is 0 Å². The number of alkyl carbamates (subject to hydrolysis) is 1. The number of rotatable bonds is 13. The van der Waals surface area contributed by atoms with E-state index in [2.05, 4.69) is 34.9 Å². The fraction of sp³-hybridized carbons (Fsp3) is 0.423. The molecule has 2 amide bonds. The number of aliphatic carboxylic acids is 1. The van der Waals surface area contributed by atoms with E-state index in [1.807, 2.05) is 24.3 Å². The summed E-state index contributed by atoms with van der Waals surface area (Å²) in [6, 6.07) is 16.3. The Balaban J connectivity index is 1.38. The predicted octanol–water partition coefficient (Wildman–Crippen LogP) is 3.69. The van der Waals surface area contributed by atoms with E-state index in [1.165, 1.54) is 18.2 Å². The Morgan fingerprint density at radius 2 is 1.56 bits per heavy atom. The number of hydrogen-bond donors (Lipinski definition) is 3. The van der Waals surface area contributed by atoms with E-state index in [-0.39, 0.29) is 31.4 Å². The first-order valence-electron chi connectivity index (χ1n) is 11.6. The van der Waals surface area contributed by atoms with Crippen molar-refractivity contribution < 1.29 is 29.0 Å². The third-order valence-electron chi connectivity index (χ3n) is 5.96. The second-order valence-electron chi connectivity index (χ2n) is 8.26. The molecule has 1 unspecified atom stereocenters. The molecule has 0 aromatic heterocycles. The van der Waals surface area contributed by atoms with E-state index in [0.717, 1.165) is 17.5 Å². The molecule has 3 rings (SSSR count). The van der Waals surface area contributed by atoms with Crippen LogP contribution in [0.3, 0.4) is 0 Å². The van der Waals surface area contributed by atoms with Gasteiger partial charge in [-0.1, -0.05) is 55.0 Å². The number of benzene rings is 2. The van der Waals surface area contributed by atoms with Gasteiger partial charge in [0.1, 0.15) is 12.7 Å².